The monoisotopic (exact) mass is 277 g/mol. The first-order valence-corrected chi connectivity index (χ1v) is 8.10. The molecule has 112 valence electrons. The molecule has 2 aliphatic rings. The summed E-state index contributed by atoms with van der Waals surface area (Å²) < 4.78 is 7.91. The minimum Gasteiger partial charge on any atom is -0.383 e. The number of imidazole rings is 1. The van der Waals surface area contributed by atoms with Crippen molar-refractivity contribution in [3.8, 4) is 0 Å². The molecule has 1 N–H and O–H groups in total. The molecule has 1 aromatic rings. The summed E-state index contributed by atoms with van der Waals surface area (Å²) in [5.74, 6) is 2.00. The van der Waals surface area contributed by atoms with Gasteiger partial charge in [0.15, 0.2) is 0 Å². The molecular formula is C16H27N3O. The van der Waals surface area contributed by atoms with E-state index in [0.717, 1.165) is 26.1 Å². The molecule has 2 heterocycles. The third-order valence-electron chi connectivity index (χ3n) is 4.77. The van der Waals surface area contributed by atoms with Crippen molar-refractivity contribution in [3.63, 3.8) is 0 Å². The quantitative estimate of drug-likeness (QED) is 0.920. The number of ether oxygens (including phenoxy) is 1. The average Bonchev–Trinajstić information content (AvgIpc) is 2.88. The van der Waals surface area contributed by atoms with E-state index in [4.69, 9.17) is 9.72 Å². The summed E-state index contributed by atoms with van der Waals surface area (Å²) in [5, 5.41) is 3.45. The van der Waals surface area contributed by atoms with Crippen LogP contribution in [0.25, 0.3) is 0 Å². The molecular weight excluding hydrogens is 250 g/mol. The number of methoxy groups -OCH3 is 1. The highest BCUT2D eigenvalue weighted by Gasteiger charge is 2.28. The second-order valence-electron chi connectivity index (χ2n) is 6.30. The molecule has 0 aromatic carbocycles. The fraction of sp³-hybridized carbons (Fsp3) is 0.812. The first-order chi connectivity index (χ1) is 9.81. The Hall–Kier alpha value is -0.870. The van der Waals surface area contributed by atoms with Gasteiger partial charge >= 0.3 is 0 Å². The zero-order valence-corrected chi connectivity index (χ0v) is 12.8. The molecule has 1 atom stereocenters. The lowest BCUT2D eigenvalue weighted by Gasteiger charge is -2.26. The van der Waals surface area contributed by atoms with E-state index in [0.29, 0.717) is 12.0 Å². The number of rotatable bonds is 4. The summed E-state index contributed by atoms with van der Waals surface area (Å²) in [4.78, 5) is 5.02. The van der Waals surface area contributed by atoms with Crippen LogP contribution in [0.15, 0.2) is 0 Å². The Morgan fingerprint density at radius 3 is 2.90 bits per heavy atom. The van der Waals surface area contributed by atoms with E-state index in [1.165, 1.54) is 49.3 Å². The van der Waals surface area contributed by atoms with E-state index < -0.39 is 0 Å². The smallest absolute Gasteiger partial charge is 0.112 e. The fourth-order valence-corrected chi connectivity index (χ4v) is 3.81. The molecule has 1 fully saturated rings. The van der Waals surface area contributed by atoms with Crippen LogP contribution < -0.4 is 5.32 Å². The molecule has 3 rings (SSSR count). The fourth-order valence-electron chi connectivity index (χ4n) is 3.81. The summed E-state index contributed by atoms with van der Waals surface area (Å²) in [5.41, 5.74) is 2.73. The number of aromatic nitrogens is 2. The highest BCUT2D eigenvalue weighted by molar-refractivity contribution is 5.23. The van der Waals surface area contributed by atoms with Crippen LogP contribution in [0.5, 0.6) is 0 Å². The molecule has 0 spiro atoms. The standard InChI is InChI=1S/C16H27N3O/c1-12(11-20-2)19-15-8-9-17-10-14(15)18-16(19)13-6-4-3-5-7-13/h12-13,17H,3-11H2,1-2H3. The minimum atomic E-state index is 0.395. The summed E-state index contributed by atoms with van der Waals surface area (Å²) >= 11 is 0. The van der Waals surface area contributed by atoms with Crippen molar-refractivity contribution in [2.45, 2.75) is 64.0 Å². The third-order valence-corrected chi connectivity index (χ3v) is 4.77. The highest BCUT2D eigenvalue weighted by atomic mass is 16.5. The maximum atomic E-state index is 5.40. The van der Waals surface area contributed by atoms with Gasteiger partial charge in [-0.2, -0.15) is 0 Å². The van der Waals surface area contributed by atoms with Gasteiger partial charge in [0, 0.05) is 38.2 Å². The van der Waals surface area contributed by atoms with E-state index >= 15 is 0 Å². The van der Waals surface area contributed by atoms with Crippen molar-refractivity contribution in [1.82, 2.24) is 14.9 Å². The molecule has 1 unspecified atom stereocenters. The van der Waals surface area contributed by atoms with Crippen molar-refractivity contribution in [2.24, 2.45) is 0 Å². The maximum absolute atomic E-state index is 5.40. The summed E-state index contributed by atoms with van der Waals surface area (Å²) in [6.07, 6.45) is 7.83. The van der Waals surface area contributed by atoms with Crippen LogP contribution in [0.4, 0.5) is 0 Å². The van der Waals surface area contributed by atoms with Crippen LogP contribution >= 0.6 is 0 Å². The number of nitrogens with zero attached hydrogens (tertiary/aromatic N) is 2. The Bertz CT molecular complexity index is 449. The van der Waals surface area contributed by atoms with Crippen molar-refractivity contribution in [2.75, 3.05) is 20.3 Å². The van der Waals surface area contributed by atoms with Gasteiger partial charge in [0.1, 0.15) is 5.82 Å². The van der Waals surface area contributed by atoms with Crippen LogP contribution in [0.2, 0.25) is 0 Å². The Balaban J connectivity index is 1.96. The second-order valence-corrected chi connectivity index (χ2v) is 6.30. The first-order valence-electron chi connectivity index (χ1n) is 8.10. The van der Waals surface area contributed by atoms with E-state index in [-0.39, 0.29) is 0 Å². The van der Waals surface area contributed by atoms with Crippen LogP contribution in [0.3, 0.4) is 0 Å². The molecule has 0 bridgehead atoms. The lowest BCUT2D eigenvalue weighted by Crippen LogP contribution is -2.26. The maximum Gasteiger partial charge on any atom is 0.112 e. The molecule has 4 heteroatoms. The Labute approximate surface area is 121 Å². The van der Waals surface area contributed by atoms with Gasteiger partial charge in [-0.25, -0.2) is 4.98 Å². The molecule has 0 radical (unpaired) electrons. The van der Waals surface area contributed by atoms with Gasteiger partial charge in [-0.3, -0.25) is 0 Å². The van der Waals surface area contributed by atoms with Gasteiger partial charge in [0.05, 0.1) is 18.3 Å². The van der Waals surface area contributed by atoms with E-state index in [1.54, 1.807) is 7.11 Å². The second kappa shape index (κ2) is 6.27. The molecule has 4 nitrogen and oxygen atoms in total. The van der Waals surface area contributed by atoms with Gasteiger partial charge in [-0.1, -0.05) is 19.3 Å². The average molecular weight is 277 g/mol. The number of hydrogen-bond donors (Lipinski definition) is 1. The van der Waals surface area contributed by atoms with Crippen molar-refractivity contribution in [1.29, 1.82) is 0 Å². The largest absolute Gasteiger partial charge is 0.383 e. The number of fused-ring (bicyclic) bond motifs is 1. The van der Waals surface area contributed by atoms with Crippen molar-refractivity contribution < 1.29 is 4.74 Å². The molecule has 1 aromatic heterocycles. The van der Waals surface area contributed by atoms with Crippen molar-refractivity contribution >= 4 is 0 Å². The Kier molecular flexibility index (Phi) is 4.41. The third kappa shape index (κ3) is 2.63. The summed E-state index contributed by atoms with van der Waals surface area (Å²) in [6.45, 7) is 5.04. The van der Waals surface area contributed by atoms with E-state index in [1.807, 2.05) is 0 Å². The van der Waals surface area contributed by atoms with Crippen LogP contribution in [-0.2, 0) is 17.7 Å². The highest BCUT2D eigenvalue weighted by Crippen LogP contribution is 2.35. The zero-order valence-electron chi connectivity index (χ0n) is 12.8. The molecule has 1 saturated carbocycles. The molecule has 0 amide bonds. The SMILES string of the molecule is COCC(C)n1c(C2CCCCC2)nc2c1CCNC2. The Morgan fingerprint density at radius 1 is 1.35 bits per heavy atom. The van der Waals surface area contributed by atoms with Crippen LogP contribution in [0.1, 0.15) is 68.2 Å². The minimum absolute atomic E-state index is 0.395. The van der Waals surface area contributed by atoms with Crippen LogP contribution in [-0.4, -0.2) is 29.8 Å². The van der Waals surface area contributed by atoms with Crippen molar-refractivity contribution in [3.05, 3.63) is 17.2 Å². The van der Waals surface area contributed by atoms with Crippen LogP contribution in [0, 0.1) is 0 Å². The van der Waals surface area contributed by atoms with Gasteiger partial charge < -0.3 is 14.6 Å². The van der Waals surface area contributed by atoms with Gasteiger partial charge in [-0.15, -0.1) is 0 Å². The lowest BCUT2D eigenvalue weighted by atomic mass is 9.88. The zero-order chi connectivity index (χ0) is 13.9. The topological polar surface area (TPSA) is 39.1 Å². The first kappa shape index (κ1) is 14.1. The molecule has 1 aliphatic heterocycles. The van der Waals surface area contributed by atoms with Gasteiger partial charge in [0.25, 0.3) is 0 Å². The summed E-state index contributed by atoms with van der Waals surface area (Å²) in [6, 6.07) is 0.395. The van der Waals surface area contributed by atoms with Gasteiger partial charge in [-0.05, 0) is 19.8 Å². The van der Waals surface area contributed by atoms with E-state index in [2.05, 4.69) is 16.8 Å². The lowest BCUT2D eigenvalue weighted by molar-refractivity contribution is 0.158. The molecule has 20 heavy (non-hydrogen) atoms. The number of nitrogens with one attached hydrogen (secondary N) is 1. The molecule has 1 aliphatic carbocycles. The number of hydrogen-bond acceptors (Lipinski definition) is 3. The van der Waals surface area contributed by atoms with E-state index in [9.17, 15) is 0 Å². The predicted molar refractivity (Wildman–Crippen MR) is 80.1 cm³/mol. The normalized spacial score (nSPS) is 21.7. The summed E-state index contributed by atoms with van der Waals surface area (Å²) in [7, 11) is 1.79. The molecule has 0 saturated heterocycles. The predicted octanol–water partition coefficient (Wildman–Crippen LogP) is 2.78. The Morgan fingerprint density at radius 2 is 2.15 bits per heavy atom. The van der Waals surface area contributed by atoms with Gasteiger partial charge in [0.2, 0.25) is 0 Å².